The molecule has 1 aliphatic rings. The standard InChI is InChI=1S/C10H14N2O.C9H10N2.2C7H9N.C6H7NO.C6H7N.C5H8N2.3C5H6N2.C4H6N2.11C2H6.CH4/c1-9-2-3-10(11-8-9)12-4-6-13-7-5-12;1-7-8-5-3-4-6-9(8)11(2)10-7;1-6-3-4-8-5-7(6)2;1-6-4-3-5-7(2)8-6;1-6-4-2-3-5-7(6)8;1-6-4-2-3-5-7-6;1-5-6-3-4-7(5)2;1-5-4-6-2-3-7-5;1-5-2-3-6-4-7-5;1-5-6-3-2-4-7-5;1-4-2-3-5-6-4;11*1-2;/h2-3,8H,4-7H2,1H3;3-6H,1-2H3;2*3-5H,1-2H3;2-5H,1H3;2-5H,1H3;3-4H,1-2H3;3*2-4H,1H3;2-3H,1H3,(H,5,6);11*1-2H3;1H4. The molecule has 0 radical (unpaired) electrons. The van der Waals surface area contributed by atoms with E-state index in [0.29, 0.717) is 0 Å². The first-order chi connectivity index (χ1) is 53.8. The second kappa shape index (κ2) is 94.9. The van der Waals surface area contributed by atoms with Crippen molar-refractivity contribution in [3.05, 3.63) is 287 Å². The van der Waals surface area contributed by atoms with Gasteiger partial charge in [0.25, 0.3) is 0 Å². The summed E-state index contributed by atoms with van der Waals surface area (Å²) in [5.74, 6) is 2.94. The van der Waals surface area contributed by atoms with Gasteiger partial charge in [-0.3, -0.25) is 34.7 Å². The van der Waals surface area contributed by atoms with Gasteiger partial charge in [-0.1, -0.05) is 202 Å². The highest BCUT2D eigenvalue weighted by Gasteiger charge is 2.11. The minimum absolute atomic E-state index is 0. The maximum Gasteiger partial charge on any atom is 0.189 e. The molecule has 1 aromatic carbocycles. The third-order valence-corrected chi connectivity index (χ3v) is 12.2. The molecule has 1 saturated heterocycles. The third kappa shape index (κ3) is 72.5. The maximum atomic E-state index is 10.5. The van der Waals surface area contributed by atoms with E-state index < -0.39 is 0 Å². The third-order valence-electron chi connectivity index (χ3n) is 12.2. The Labute approximate surface area is 684 Å². The van der Waals surface area contributed by atoms with Crippen LogP contribution in [0.3, 0.4) is 0 Å². The fourth-order valence-corrected chi connectivity index (χ4v) is 6.89. The molecular weight excluding hydrogens is 1390 g/mol. The SMILES string of the molecule is C.CC.CC.CC.CC.CC.CC.CC.CC.CC.CC.CC.Cc1ccc(N2CCOCC2)nc1.Cc1cccc(C)n1.Cc1cccc[n+]1[O-].Cc1ccccn1.Cc1ccn[nH]1.Cc1ccncc1C.Cc1ccncn1.Cc1cnccn1.Cc1ncccn1.Cc1nccn1C.Cc1nn(C)c2ccccc12. The Balaban J connectivity index is -0.000000125. The molecule has 628 valence electrons. The van der Waals surface area contributed by atoms with E-state index in [2.05, 4.69) is 120 Å². The molecule has 0 aliphatic carbocycles. The maximum absolute atomic E-state index is 10.5. The zero-order valence-corrected chi connectivity index (χ0v) is 76.4. The molecule has 1 fully saturated rings. The van der Waals surface area contributed by atoms with Crippen molar-refractivity contribution in [3.8, 4) is 0 Å². The van der Waals surface area contributed by atoms with Gasteiger partial charge in [0.15, 0.2) is 11.9 Å². The van der Waals surface area contributed by atoms with E-state index in [1.807, 2.05) is 336 Å². The zero-order valence-electron chi connectivity index (χ0n) is 76.4. The molecule has 1 aliphatic heterocycles. The van der Waals surface area contributed by atoms with Crippen molar-refractivity contribution in [2.75, 3.05) is 31.2 Å². The number of nitrogens with one attached hydrogen (secondary N) is 1. The van der Waals surface area contributed by atoms with E-state index in [1.54, 1.807) is 80.9 Å². The number of aromatic amines is 1. The Morgan fingerprint density at radius 3 is 1.23 bits per heavy atom. The van der Waals surface area contributed by atoms with Crippen molar-refractivity contribution in [3.63, 3.8) is 0 Å². The second-order valence-corrected chi connectivity index (χ2v) is 19.9. The number of H-pyrrole nitrogens is 1. The van der Waals surface area contributed by atoms with E-state index in [4.69, 9.17) is 4.74 Å². The van der Waals surface area contributed by atoms with E-state index in [0.717, 1.165) is 94.1 Å². The van der Waals surface area contributed by atoms with E-state index >= 15 is 0 Å². The number of aryl methyl sites for hydroxylation is 15. The average molecular weight is 1550 g/mol. The Hall–Kier alpha value is -10.3. The molecule has 0 spiro atoms. The van der Waals surface area contributed by atoms with Gasteiger partial charge < -0.3 is 19.4 Å². The summed E-state index contributed by atoms with van der Waals surface area (Å²) in [5.41, 5.74) is 13.1. The van der Waals surface area contributed by atoms with Crippen LogP contribution in [-0.4, -0.2) is 106 Å². The number of pyridine rings is 5. The summed E-state index contributed by atoms with van der Waals surface area (Å²) in [6, 6.07) is 37.2. The van der Waals surface area contributed by atoms with E-state index in [-0.39, 0.29) is 7.43 Å². The highest BCUT2D eigenvalue weighted by Crippen LogP contribution is 2.16. The number of morpholine rings is 1. The van der Waals surface area contributed by atoms with Crippen molar-refractivity contribution in [2.45, 2.75) is 250 Å². The number of aromatic nitrogens is 17. The van der Waals surface area contributed by atoms with Gasteiger partial charge >= 0.3 is 0 Å². The van der Waals surface area contributed by atoms with Gasteiger partial charge in [0.1, 0.15) is 23.8 Å². The van der Waals surface area contributed by atoms with Crippen LogP contribution in [0.4, 0.5) is 5.82 Å². The fraction of sp³-hybridized carbons (Fsp3) is 0.457. The van der Waals surface area contributed by atoms with E-state index in [1.165, 1.54) is 40.1 Å². The molecule has 1 N–H and O–H groups in total. The summed E-state index contributed by atoms with van der Waals surface area (Å²) < 4.78 is 9.99. The first kappa shape index (κ1) is 123. The number of para-hydroxylation sites is 1. The lowest BCUT2D eigenvalue weighted by atomic mass is 10.2. The molecule has 12 heterocycles. The van der Waals surface area contributed by atoms with Crippen molar-refractivity contribution in [1.82, 2.24) is 79.4 Å². The Morgan fingerprint density at radius 2 is 0.929 bits per heavy atom. The van der Waals surface area contributed by atoms with Gasteiger partial charge in [0, 0.05) is 161 Å². The van der Waals surface area contributed by atoms with Gasteiger partial charge in [0.05, 0.1) is 30.1 Å². The van der Waals surface area contributed by atoms with Crippen LogP contribution < -0.4 is 9.63 Å². The number of imidazole rings is 1. The molecular formula is C92H158N18O2. The molecule has 20 nitrogen and oxygen atoms in total. The van der Waals surface area contributed by atoms with Crippen LogP contribution in [-0.2, 0) is 18.8 Å². The first-order valence-electron chi connectivity index (χ1n) is 39.8. The van der Waals surface area contributed by atoms with E-state index in [9.17, 15) is 5.21 Å². The van der Waals surface area contributed by atoms with Crippen LogP contribution in [0.15, 0.2) is 208 Å². The summed E-state index contributed by atoms with van der Waals surface area (Å²) >= 11 is 0. The summed E-state index contributed by atoms with van der Waals surface area (Å²) in [4.78, 5) is 45.8. The van der Waals surface area contributed by atoms with Crippen LogP contribution in [0.5, 0.6) is 0 Å². The van der Waals surface area contributed by atoms with Crippen LogP contribution >= 0.6 is 0 Å². The zero-order chi connectivity index (χ0) is 87.0. The molecule has 0 saturated carbocycles. The number of fused-ring (bicyclic) bond motifs is 1. The molecule has 0 amide bonds. The second-order valence-electron chi connectivity index (χ2n) is 19.9. The summed E-state index contributed by atoms with van der Waals surface area (Å²) in [6.45, 7) is 73.1. The van der Waals surface area contributed by atoms with Crippen molar-refractivity contribution in [2.24, 2.45) is 14.1 Å². The number of rotatable bonds is 1. The molecule has 11 aromatic heterocycles. The molecule has 13 rings (SSSR count). The molecule has 20 heteroatoms. The van der Waals surface area contributed by atoms with Gasteiger partial charge in [-0.15, -0.1) is 0 Å². The van der Waals surface area contributed by atoms with Crippen LogP contribution in [0.1, 0.15) is 234 Å². The first-order valence-corrected chi connectivity index (χ1v) is 39.8. The lowest BCUT2D eigenvalue weighted by molar-refractivity contribution is -0.612. The number of nitrogens with zero attached hydrogens (tertiary/aromatic N) is 17. The minimum Gasteiger partial charge on any atom is -0.619 e. The topological polar surface area (TPSA) is 233 Å². The average Bonchev–Trinajstić information content (AvgIpc) is 1.68. The van der Waals surface area contributed by atoms with Gasteiger partial charge in [-0.05, 0) is 160 Å². The van der Waals surface area contributed by atoms with Crippen LogP contribution in [0, 0.1) is 95.2 Å². The quantitative estimate of drug-likeness (QED) is 0.119. The molecule has 12 aromatic rings. The highest BCUT2D eigenvalue weighted by molar-refractivity contribution is 5.81. The van der Waals surface area contributed by atoms with Gasteiger partial charge in [0.2, 0.25) is 0 Å². The molecule has 112 heavy (non-hydrogen) atoms. The number of ether oxygens (including phenoxy) is 1. The van der Waals surface area contributed by atoms with Crippen molar-refractivity contribution >= 4 is 16.7 Å². The normalized spacial score (nSPS) is 8.88. The minimum atomic E-state index is 0. The van der Waals surface area contributed by atoms with Crippen molar-refractivity contribution in [1.29, 1.82) is 0 Å². The fourth-order valence-electron chi connectivity index (χ4n) is 6.89. The lowest BCUT2D eigenvalue weighted by Gasteiger charge is -2.27. The molecule has 0 bridgehead atoms. The Bertz CT molecular complexity index is 3380. The number of benzene rings is 1. The molecule has 0 unspecified atom stereocenters. The predicted molar refractivity (Wildman–Crippen MR) is 487 cm³/mol. The summed E-state index contributed by atoms with van der Waals surface area (Å²) in [6.07, 6.45) is 26.1. The van der Waals surface area contributed by atoms with Crippen molar-refractivity contribution < 1.29 is 9.47 Å². The Kier molecular flexibility index (Phi) is 104. The largest absolute Gasteiger partial charge is 0.619 e. The number of anilines is 1. The molecule has 0 atom stereocenters. The Morgan fingerprint density at radius 1 is 0.411 bits per heavy atom. The number of hydrogen-bond donors (Lipinski definition) is 1. The predicted octanol–water partition coefficient (Wildman–Crippen LogP) is 24.2. The lowest BCUT2D eigenvalue weighted by Crippen LogP contribution is -2.36. The highest BCUT2D eigenvalue weighted by atomic mass is 16.5. The number of hydrogen-bond acceptors (Lipinski definition) is 16. The van der Waals surface area contributed by atoms with Gasteiger partial charge in [-0.2, -0.15) is 14.9 Å². The van der Waals surface area contributed by atoms with Crippen LogP contribution in [0.25, 0.3) is 10.9 Å². The smallest absolute Gasteiger partial charge is 0.189 e. The van der Waals surface area contributed by atoms with Gasteiger partial charge in [-0.25, -0.2) is 29.9 Å². The summed E-state index contributed by atoms with van der Waals surface area (Å²) in [5, 5.41) is 22.5. The summed E-state index contributed by atoms with van der Waals surface area (Å²) in [7, 11) is 3.94. The monoisotopic (exact) mass is 1550 g/mol. The van der Waals surface area contributed by atoms with Crippen LogP contribution in [0.2, 0.25) is 0 Å².